The number of benzene rings is 1. The summed E-state index contributed by atoms with van der Waals surface area (Å²) in [7, 11) is 0. The van der Waals surface area contributed by atoms with E-state index in [9.17, 15) is 0 Å². The van der Waals surface area contributed by atoms with Gasteiger partial charge in [0, 0.05) is 5.56 Å². The maximum Gasteiger partial charge on any atom is 0.139 e. The molecule has 0 aliphatic rings. The fourth-order valence-corrected chi connectivity index (χ4v) is 2.77. The molecule has 15 heavy (non-hydrogen) atoms. The van der Waals surface area contributed by atoms with Crippen LogP contribution in [0.2, 0.25) is 0 Å². The molecule has 0 aliphatic carbocycles. The van der Waals surface area contributed by atoms with Crippen LogP contribution in [0, 0.1) is 18.3 Å². The van der Waals surface area contributed by atoms with Gasteiger partial charge in [-0.15, -0.1) is 11.3 Å². The maximum atomic E-state index is 8.84. The minimum atomic E-state index is 0.619. The first-order valence-electron chi connectivity index (χ1n) is 4.35. The lowest BCUT2D eigenvalue weighted by molar-refractivity contribution is 1.33. The molecule has 0 N–H and O–H groups in total. The van der Waals surface area contributed by atoms with Crippen molar-refractivity contribution >= 4 is 27.3 Å². The Kier molecular flexibility index (Phi) is 2.85. The zero-order valence-corrected chi connectivity index (χ0v) is 10.4. The van der Waals surface area contributed by atoms with Gasteiger partial charge in [0.05, 0.1) is 0 Å². The number of rotatable bonds is 1. The van der Waals surface area contributed by atoms with Gasteiger partial charge in [0.2, 0.25) is 0 Å². The Bertz CT molecular complexity index is 540. The van der Waals surface area contributed by atoms with Gasteiger partial charge in [-0.1, -0.05) is 24.3 Å². The molecule has 4 heteroatoms. The minimum Gasteiger partial charge on any atom is -0.228 e. The molecule has 74 valence electrons. The van der Waals surface area contributed by atoms with Crippen molar-refractivity contribution in [3.05, 3.63) is 39.3 Å². The highest BCUT2D eigenvalue weighted by Gasteiger charge is 2.10. The van der Waals surface area contributed by atoms with Gasteiger partial charge in [0.15, 0.2) is 0 Å². The number of hydrogen-bond acceptors (Lipinski definition) is 3. The number of aromatic nitrogens is 1. The van der Waals surface area contributed by atoms with Crippen LogP contribution in [0.5, 0.6) is 0 Å². The lowest BCUT2D eigenvalue weighted by Gasteiger charge is -1.99. The summed E-state index contributed by atoms with van der Waals surface area (Å²) in [4.78, 5) is 4.94. The highest BCUT2D eigenvalue weighted by molar-refractivity contribution is 9.10. The summed E-state index contributed by atoms with van der Waals surface area (Å²) in [5.41, 5.74) is 2.26. The summed E-state index contributed by atoms with van der Waals surface area (Å²) < 4.78 is 0.633. The molecule has 0 bridgehead atoms. The van der Waals surface area contributed by atoms with Gasteiger partial charge in [-0.2, -0.15) is 5.26 Å². The molecule has 0 radical (unpaired) electrons. The van der Waals surface area contributed by atoms with Crippen LogP contribution < -0.4 is 0 Å². The molecule has 2 aromatic rings. The molecule has 1 aromatic heterocycles. The number of thiazole rings is 1. The number of hydrogen-bond donors (Lipinski definition) is 0. The first-order chi connectivity index (χ1) is 7.22. The second-order valence-corrected chi connectivity index (χ2v) is 4.82. The number of nitriles is 1. The van der Waals surface area contributed by atoms with Crippen LogP contribution in [-0.4, -0.2) is 4.98 Å². The zero-order valence-electron chi connectivity index (χ0n) is 7.99. The van der Waals surface area contributed by atoms with Gasteiger partial charge in [0.1, 0.15) is 20.6 Å². The normalized spacial score (nSPS) is 9.93. The predicted molar refractivity (Wildman–Crippen MR) is 64.7 cm³/mol. The quantitative estimate of drug-likeness (QED) is 0.797. The average Bonchev–Trinajstić information content (AvgIpc) is 2.60. The van der Waals surface area contributed by atoms with Crippen molar-refractivity contribution in [2.45, 2.75) is 6.92 Å². The molecule has 0 unspecified atom stereocenters. The average molecular weight is 279 g/mol. The lowest BCUT2D eigenvalue weighted by atomic mass is 10.1. The van der Waals surface area contributed by atoms with Gasteiger partial charge in [-0.25, -0.2) is 4.98 Å². The minimum absolute atomic E-state index is 0.619. The first kappa shape index (κ1) is 10.3. The van der Waals surface area contributed by atoms with Crippen molar-refractivity contribution in [3.8, 4) is 16.6 Å². The predicted octanol–water partition coefficient (Wildman–Crippen LogP) is 3.75. The van der Waals surface area contributed by atoms with Crippen molar-refractivity contribution in [1.29, 1.82) is 5.26 Å². The van der Waals surface area contributed by atoms with E-state index in [0.29, 0.717) is 9.48 Å². The summed E-state index contributed by atoms with van der Waals surface area (Å²) in [6.45, 7) is 2.04. The highest BCUT2D eigenvalue weighted by atomic mass is 79.9. The van der Waals surface area contributed by atoms with E-state index in [2.05, 4.69) is 27.0 Å². The fourth-order valence-electron chi connectivity index (χ4n) is 1.30. The van der Waals surface area contributed by atoms with Crippen LogP contribution >= 0.6 is 27.3 Å². The third kappa shape index (κ3) is 1.94. The van der Waals surface area contributed by atoms with Crippen LogP contribution in [-0.2, 0) is 0 Å². The Balaban J connectivity index is 2.56. The lowest BCUT2D eigenvalue weighted by Crippen LogP contribution is -1.80. The van der Waals surface area contributed by atoms with Crippen LogP contribution in [0.15, 0.2) is 28.9 Å². The molecule has 2 rings (SSSR count). The summed E-state index contributed by atoms with van der Waals surface area (Å²) in [5, 5.41) is 9.72. The van der Waals surface area contributed by atoms with E-state index >= 15 is 0 Å². The van der Waals surface area contributed by atoms with Gasteiger partial charge in [-0.3, -0.25) is 0 Å². The van der Waals surface area contributed by atoms with Crippen molar-refractivity contribution in [1.82, 2.24) is 4.98 Å². The van der Waals surface area contributed by atoms with Gasteiger partial charge >= 0.3 is 0 Å². The molecule has 1 heterocycles. The Hall–Kier alpha value is -1.18. The molecule has 0 saturated carbocycles. The molecule has 2 nitrogen and oxygen atoms in total. The first-order valence-corrected chi connectivity index (χ1v) is 5.95. The van der Waals surface area contributed by atoms with Crippen molar-refractivity contribution in [3.63, 3.8) is 0 Å². The standard InChI is InChI=1S/C11H7BrN2S/c1-7-4-2-3-5-8(7)11-14-10(12)9(6-13)15-11/h2-5H,1H3. The molecule has 0 spiro atoms. The van der Waals surface area contributed by atoms with Gasteiger partial charge in [0.25, 0.3) is 0 Å². The third-order valence-corrected chi connectivity index (χ3v) is 3.89. The van der Waals surface area contributed by atoms with E-state index in [1.165, 1.54) is 16.9 Å². The molecule has 0 fully saturated rings. The van der Waals surface area contributed by atoms with Crippen LogP contribution in [0.4, 0.5) is 0 Å². The van der Waals surface area contributed by atoms with Crippen LogP contribution in [0.1, 0.15) is 10.4 Å². The summed E-state index contributed by atoms with van der Waals surface area (Å²) in [5.74, 6) is 0. The van der Waals surface area contributed by atoms with E-state index in [1.807, 2.05) is 31.2 Å². The van der Waals surface area contributed by atoms with Gasteiger partial charge < -0.3 is 0 Å². The van der Waals surface area contributed by atoms with E-state index in [1.54, 1.807) is 0 Å². The molecule has 1 aromatic carbocycles. The summed E-state index contributed by atoms with van der Waals surface area (Å²) >= 11 is 4.68. The van der Waals surface area contributed by atoms with E-state index < -0.39 is 0 Å². The van der Waals surface area contributed by atoms with Crippen LogP contribution in [0.3, 0.4) is 0 Å². The van der Waals surface area contributed by atoms with E-state index in [0.717, 1.165) is 10.6 Å². The van der Waals surface area contributed by atoms with Crippen molar-refractivity contribution in [2.24, 2.45) is 0 Å². The Morgan fingerprint density at radius 3 is 2.73 bits per heavy atom. The zero-order chi connectivity index (χ0) is 10.8. The largest absolute Gasteiger partial charge is 0.228 e. The van der Waals surface area contributed by atoms with Gasteiger partial charge in [-0.05, 0) is 28.4 Å². The SMILES string of the molecule is Cc1ccccc1-c1nc(Br)c(C#N)s1. The second-order valence-electron chi connectivity index (χ2n) is 3.07. The molecule has 0 atom stereocenters. The number of nitrogens with zero attached hydrogens (tertiary/aromatic N) is 2. The smallest absolute Gasteiger partial charge is 0.139 e. The summed E-state index contributed by atoms with van der Waals surface area (Å²) in [6, 6.07) is 10.1. The van der Waals surface area contributed by atoms with E-state index in [-0.39, 0.29) is 0 Å². The second kappa shape index (κ2) is 4.13. The molecule has 0 saturated heterocycles. The number of halogens is 1. The Morgan fingerprint density at radius 1 is 1.40 bits per heavy atom. The molecule has 0 amide bonds. The maximum absolute atomic E-state index is 8.84. The van der Waals surface area contributed by atoms with Crippen molar-refractivity contribution < 1.29 is 0 Å². The van der Waals surface area contributed by atoms with Crippen molar-refractivity contribution in [2.75, 3.05) is 0 Å². The number of aryl methyl sites for hydroxylation is 1. The molecule has 0 aliphatic heterocycles. The third-order valence-electron chi connectivity index (χ3n) is 2.06. The van der Waals surface area contributed by atoms with Crippen LogP contribution in [0.25, 0.3) is 10.6 Å². The summed E-state index contributed by atoms with van der Waals surface area (Å²) in [6.07, 6.45) is 0. The topological polar surface area (TPSA) is 36.7 Å². The monoisotopic (exact) mass is 278 g/mol. The highest BCUT2D eigenvalue weighted by Crippen LogP contribution is 2.31. The molecular weight excluding hydrogens is 272 g/mol. The Labute approximate surface area is 100 Å². The van der Waals surface area contributed by atoms with E-state index in [4.69, 9.17) is 5.26 Å². The molecular formula is C11H7BrN2S. The fraction of sp³-hybridized carbons (Fsp3) is 0.0909. The Morgan fingerprint density at radius 2 is 2.13 bits per heavy atom.